The maximum absolute atomic E-state index is 5.81. The molecule has 0 atom stereocenters. The molecule has 0 saturated heterocycles. The van der Waals surface area contributed by atoms with Crippen LogP contribution >= 0.6 is 0 Å². The number of benzene rings is 1. The topological polar surface area (TPSA) is 57.2 Å². The van der Waals surface area contributed by atoms with E-state index in [1.54, 1.807) is 9.91 Å². The second-order valence-electron chi connectivity index (χ2n) is 4.00. The smallest absolute Gasteiger partial charge is 0.197 e. The Balaban J connectivity index is 3.11. The summed E-state index contributed by atoms with van der Waals surface area (Å²) in [6.07, 6.45) is 0. The molecule has 0 radical (unpaired) electrons. The van der Waals surface area contributed by atoms with Crippen molar-refractivity contribution in [2.75, 3.05) is 28.2 Å². The van der Waals surface area contributed by atoms with Crippen molar-refractivity contribution >= 4 is 11.8 Å². The fourth-order valence-electron chi connectivity index (χ4n) is 1.13. The summed E-state index contributed by atoms with van der Waals surface area (Å²) in [7, 11) is 7.39. The van der Waals surface area contributed by atoms with Gasteiger partial charge in [-0.15, -0.1) is 0 Å². The van der Waals surface area contributed by atoms with Crippen LogP contribution in [0.25, 0.3) is 0 Å². The number of nitrogens with zero attached hydrogens (tertiary/aromatic N) is 4. The molecule has 0 fully saturated rings. The van der Waals surface area contributed by atoms with Crippen molar-refractivity contribution in [2.45, 2.75) is 0 Å². The number of nitrogens with two attached hydrogens (primary N) is 1. The van der Waals surface area contributed by atoms with E-state index in [1.165, 1.54) is 0 Å². The first-order valence-corrected chi connectivity index (χ1v) is 5.33. The molecule has 2 N–H and O–H groups in total. The average molecular weight is 233 g/mol. The zero-order chi connectivity index (χ0) is 12.8. The Morgan fingerprint density at radius 1 is 1.06 bits per heavy atom. The number of amidine groups is 1. The molecular weight excluding hydrogens is 214 g/mol. The van der Waals surface area contributed by atoms with Gasteiger partial charge in [-0.3, -0.25) is 0 Å². The van der Waals surface area contributed by atoms with E-state index in [4.69, 9.17) is 5.73 Å². The molecule has 1 aromatic carbocycles. The van der Waals surface area contributed by atoms with E-state index in [2.05, 4.69) is 10.1 Å². The van der Waals surface area contributed by atoms with E-state index in [-0.39, 0.29) is 0 Å². The maximum atomic E-state index is 5.81. The molecule has 0 saturated carbocycles. The van der Waals surface area contributed by atoms with Crippen LogP contribution in [0.3, 0.4) is 0 Å². The van der Waals surface area contributed by atoms with Crippen LogP contribution in [-0.4, -0.2) is 49.9 Å². The van der Waals surface area contributed by atoms with Crippen molar-refractivity contribution in [3.8, 4) is 0 Å². The van der Waals surface area contributed by atoms with Gasteiger partial charge in [0.25, 0.3) is 0 Å². The molecule has 0 bridgehead atoms. The second-order valence-corrected chi connectivity index (χ2v) is 4.00. The Bertz CT molecular complexity index is 406. The lowest BCUT2D eigenvalue weighted by molar-refractivity contribution is 0.437. The minimum atomic E-state index is 0.425. The highest BCUT2D eigenvalue weighted by molar-refractivity contribution is 6.05. The fourth-order valence-corrected chi connectivity index (χ4v) is 1.13. The van der Waals surface area contributed by atoms with Gasteiger partial charge >= 0.3 is 0 Å². The van der Waals surface area contributed by atoms with Crippen molar-refractivity contribution in [3.63, 3.8) is 0 Å². The van der Waals surface area contributed by atoms with Crippen LogP contribution in [0, 0.1) is 0 Å². The predicted molar refractivity (Wildman–Crippen MR) is 72.0 cm³/mol. The summed E-state index contributed by atoms with van der Waals surface area (Å²) < 4.78 is 0. The molecule has 17 heavy (non-hydrogen) atoms. The number of aliphatic imine (C=N–C) groups is 1. The monoisotopic (exact) mass is 233 g/mol. The van der Waals surface area contributed by atoms with Gasteiger partial charge in [0.1, 0.15) is 0 Å². The summed E-state index contributed by atoms with van der Waals surface area (Å²) in [5, 5.41) is 6.03. The van der Waals surface area contributed by atoms with E-state index < -0.39 is 0 Å². The molecular formula is C12H19N5. The Morgan fingerprint density at radius 3 is 2.12 bits per heavy atom. The van der Waals surface area contributed by atoms with Gasteiger partial charge in [0.15, 0.2) is 11.8 Å². The van der Waals surface area contributed by atoms with Gasteiger partial charge in [0.2, 0.25) is 0 Å². The molecule has 0 aliphatic carbocycles. The molecule has 0 aromatic heterocycles. The van der Waals surface area contributed by atoms with Gasteiger partial charge in [-0.2, -0.15) is 10.1 Å². The lowest BCUT2D eigenvalue weighted by Gasteiger charge is -2.12. The van der Waals surface area contributed by atoms with Crippen LogP contribution < -0.4 is 5.73 Å². The third-order valence-electron chi connectivity index (χ3n) is 2.01. The molecule has 92 valence electrons. The van der Waals surface area contributed by atoms with Crippen molar-refractivity contribution in [3.05, 3.63) is 35.9 Å². The maximum Gasteiger partial charge on any atom is 0.197 e. The summed E-state index contributed by atoms with van der Waals surface area (Å²) in [5.41, 5.74) is 6.74. The Hall–Kier alpha value is -2.04. The number of rotatable bonds is 2. The van der Waals surface area contributed by atoms with Crippen molar-refractivity contribution in [1.29, 1.82) is 0 Å². The Kier molecular flexibility index (Phi) is 4.51. The van der Waals surface area contributed by atoms with Crippen LogP contribution in [0.1, 0.15) is 5.56 Å². The van der Waals surface area contributed by atoms with Gasteiger partial charge in [0, 0.05) is 33.8 Å². The van der Waals surface area contributed by atoms with Gasteiger partial charge < -0.3 is 15.6 Å². The minimum absolute atomic E-state index is 0.425. The zero-order valence-electron chi connectivity index (χ0n) is 10.8. The van der Waals surface area contributed by atoms with Crippen LogP contribution in [0.5, 0.6) is 0 Å². The molecule has 0 spiro atoms. The first kappa shape index (κ1) is 13.0. The lowest BCUT2D eigenvalue weighted by atomic mass is 10.2. The summed E-state index contributed by atoms with van der Waals surface area (Å²) in [5.74, 6) is 1.02. The predicted octanol–water partition coefficient (Wildman–Crippen LogP) is 0.786. The molecule has 0 amide bonds. The van der Waals surface area contributed by atoms with Crippen molar-refractivity contribution in [2.24, 2.45) is 15.8 Å². The second kappa shape index (κ2) is 5.89. The average Bonchev–Trinajstić information content (AvgIpc) is 2.28. The largest absolute Gasteiger partial charge is 0.369 e. The standard InChI is InChI=1S/C12H19N5/c1-16(2)12(13)14-11(15-17(3)4)10-8-6-5-7-9-10/h5-9H,1-4H3,(H2,13,14,15). The molecule has 0 aliphatic rings. The molecule has 0 aliphatic heterocycles. The zero-order valence-corrected chi connectivity index (χ0v) is 10.8. The van der Waals surface area contributed by atoms with E-state index in [0.29, 0.717) is 11.8 Å². The van der Waals surface area contributed by atoms with E-state index in [0.717, 1.165) is 5.56 Å². The van der Waals surface area contributed by atoms with Crippen LogP contribution in [-0.2, 0) is 0 Å². The van der Waals surface area contributed by atoms with Crippen LogP contribution in [0.4, 0.5) is 0 Å². The third kappa shape index (κ3) is 4.14. The van der Waals surface area contributed by atoms with Gasteiger partial charge in [-0.25, -0.2) is 0 Å². The fraction of sp³-hybridized carbons (Fsp3) is 0.333. The summed E-state index contributed by atoms with van der Waals surface area (Å²) in [6.45, 7) is 0. The molecule has 1 aromatic rings. The Morgan fingerprint density at radius 2 is 1.65 bits per heavy atom. The summed E-state index contributed by atoms with van der Waals surface area (Å²) in [4.78, 5) is 6.06. The molecule has 1 rings (SSSR count). The van der Waals surface area contributed by atoms with Gasteiger partial charge in [-0.05, 0) is 0 Å². The number of hydrazone groups is 1. The lowest BCUT2D eigenvalue weighted by Crippen LogP contribution is -2.31. The quantitative estimate of drug-likeness (QED) is 0.467. The normalized spacial score (nSPS) is 12.5. The number of guanidine groups is 1. The molecule has 5 heteroatoms. The van der Waals surface area contributed by atoms with Crippen molar-refractivity contribution in [1.82, 2.24) is 9.91 Å². The summed E-state index contributed by atoms with van der Waals surface area (Å²) in [6, 6.07) is 9.75. The van der Waals surface area contributed by atoms with Gasteiger partial charge in [-0.1, -0.05) is 30.3 Å². The Labute approximate surface area is 102 Å². The SMILES string of the molecule is CN(C)/N=C(/N=C(N)N(C)C)c1ccccc1. The first-order valence-electron chi connectivity index (χ1n) is 5.33. The highest BCUT2D eigenvalue weighted by atomic mass is 15.4. The van der Waals surface area contributed by atoms with Crippen LogP contribution in [0.2, 0.25) is 0 Å². The number of hydrogen-bond donors (Lipinski definition) is 1. The van der Waals surface area contributed by atoms with E-state index in [1.807, 2.05) is 58.5 Å². The minimum Gasteiger partial charge on any atom is -0.369 e. The van der Waals surface area contributed by atoms with Gasteiger partial charge in [0.05, 0.1) is 0 Å². The number of hydrogen-bond acceptors (Lipinski definition) is 2. The van der Waals surface area contributed by atoms with Crippen molar-refractivity contribution < 1.29 is 0 Å². The summed E-state index contributed by atoms with van der Waals surface area (Å²) >= 11 is 0. The van der Waals surface area contributed by atoms with Crippen LogP contribution in [0.15, 0.2) is 40.4 Å². The molecule has 0 unspecified atom stereocenters. The third-order valence-corrected chi connectivity index (χ3v) is 2.01. The highest BCUT2D eigenvalue weighted by Gasteiger charge is 2.04. The van der Waals surface area contributed by atoms with E-state index >= 15 is 0 Å². The first-order chi connectivity index (χ1) is 8.00. The van der Waals surface area contributed by atoms with E-state index in [9.17, 15) is 0 Å². The molecule has 0 heterocycles. The molecule has 5 nitrogen and oxygen atoms in total. The highest BCUT2D eigenvalue weighted by Crippen LogP contribution is 2.03.